The SMILES string of the molecule is O=C1CC2CCC(C1)N2C(=O)O. The summed E-state index contributed by atoms with van der Waals surface area (Å²) in [5.41, 5.74) is 0. The maximum Gasteiger partial charge on any atom is 0.407 e. The number of carboxylic acid groups (broad SMARTS) is 1. The summed E-state index contributed by atoms with van der Waals surface area (Å²) in [4.78, 5) is 23.3. The van der Waals surface area contributed by atoms with E-state index in [1.54, 1.807) is 0 Å². The predicted molar refractivity (Wildman–Crippen MR) is 40.9 cm³/mol. The minimum Gasteiger partial charge on any atom is -0.465 e. The summed E-state index contributed by atoms with van der Waals surface area (Å²) in [5.74, 6) is 0.222. The molecule has 2 unspecified atom stereocenters. The first-order valence-corrected chi connectivity index (χ1v) is 4.21. The highest BCUT2D eigenvalue weighted by Gasteiger charge is 2.42. The highest BCUT2D eigenvalue weighted by Crippen LogP contribution is 2.33. The molecule has 12 heavy (non-hydrogen) atoms. The van der Waals surface area contributed by atoms with Crippen LogP contribution in [0.4, 0.5) is 4.79 Å². The van der Waals surface area contributed by atoms with Gasteiger partial charge in [0.25, 0.3) is 0 Å². The van der Waals surface area contributed by atoms with Crippen molar-refractivity contribution in [1.29, 1.82) is 0 Å². The smallest absolute Gasteiger partial charge is 0.407 e. The molecule has 2 aliphatic rings. The van der Waals surface area contributed by atoms with E-state index >= 15 is 0 Å². The third-order valence-electron chi connectivity index (χ3n) is 2.77. The zero-order chi connectivity index (χ0) is 8.72. The molecule has 2 atom stereocenters. The molecule has 0 saturated carbocycles. The second-order valence-electron chi connectivity index (χ2n) is 3.52. The Hall–Kier alpha value is -1.06. The Morgan fingerprint density at radius 1 is 1.33 bits per heavy atom. The highest BCUT2D eigenvalue weighted by molar-refractivity contribution is 5.83. The molecule has 1 N–H and O–H groups in total. The fourth-order valence-electron chi connectivity index (χ4n) is 2.28. The van der Waals surface area contributed by atoms with E-state index in [4.69, 9.17) is 5.11 Å². The quantitative estimate of drug-likeness (QED) is 0.585. The van der Waals surface area contributed by atoms with Crippen molar-refractivity contribution in [3.05, 3.63) is 0 Å². The maximum atomic E-state index is 11.1. The fraction of sp³-hybridized carbons (Fsp3) is 0.750. The lowest BCUT2D eigenvalue weighted by Crippen LogP contribution is -2.46. The average Bonchev–Trinajstić information content (AvgIpc) is 2.24. The van der Waals surface area contributed by atoms with Crippen molar-refractivity contribution in [2.24, 2.45) is 0 Å². The van der Waals surface area contributed by atoms with Crippen LogP contribution in [0.5, 0.6) is 0 Å². The molecule has 0 radical (unpaired) electrons. The molecule has 2 aliphatic heterocycles. The van der Waals surface area contributed by atoms with E-state index in [1.807, 2.05) is 0 Å². The third-order valence-corrected chi connectivity index (χ3v) is 2.77. The molecule has 0 aromatic rings. The monoisotopic (exact) mass is 169 g/mol. The molecule has 4 heteroatoms. The molecular weight excluding hydrogens is 158 g/mol. The number of fused-ring (bicyclic) bond motifs is 2. The van der Waals surface area contributed by atoms with Gasteiger partial charge in [-0.05, 0) is 12.8 Å². The third kappa shape index (κ3) is 0.983. The molecule has 2 saturated heterocycles. The van der Waals surface area contributed by atoms with Crippen molar-refractivity contribution in [3.63, 3.8) is 0 Å². The zero-order valence-electron chi connectivity index (χ0n) is 6.69. The Balaban J connectivity index is 2.19. The Morgan fingerprint density at radius 3 is 2.25 bits per heavy atom. The van der Waals surface area contributed by atoms with E-state index in [0.29, 0.717) is 12.8 Å². The Kier molecular flexibility index (Phi) is 1.56. The van der Waals surface area contributed by atoms with E-state index in [2.05, 4.69) is 0 Å². The molecule has 2 bridgehead atoms. The number of Topliss-reactive ketones (excluding diaryl/α,β-unsaturated/α-hetero) is 1. The Labute approximate surface area is 70.2 Å². The summed E-state index contributed by atoms with van der Waals surface area (Å²) in [6.45, 7) is 0. The van der Waals surface area contributed by atoms with Crippen molar-refractivity contribution >= 4 is 11.9 Å². The highest BCUT2D eigenvalue weighted by atomic mass is 16.4. The van der Waals surface area contributed by atoms with Crippen LogP contribution in [0.15, 0.2) is 0 Å². The maximum absolute atomic E-state index is 11.1. The number of rotatable bonds is 0. The normalized spacial score (nSPS) is 34.0. The molecule has 2 rings (SSSR count). The number of carbonyl (C=O) groups is 2. The standard InChI is InChI=1S/C8H11NO3/c10-7-3-5-1-2-6(4-7)9(5)8(11)12/h5-6H,1-4H2,(H,11,12). The molecule has 66 valence electrons. The first kappa shape index (κ1) is 7.58. The number of piperidine rings is 1. The van der Waals surface area contributed by atoms with Crippen LogP contribution >= 0.6 is 0 Å². The van der Waals surface area contributed by atoms with Gasteiger partial charge in [-0.2, -0.15) is 0 Å². The van der Waals surface area contributed by atoms with Crippen LogP contribution in [-0.2, 0) is 4.79 Å². The molecule has 0 aromatic heterocycles. The van der Waals surface area contributed by atoms with Crippen molar-refractivity contribution < 1.29 is 14.7 Å². The summed E-state index contributed by atoms with van der Waals surface area (Å²) in [6, 6.07) is -0.0394. The van der Waals surface area contributed by atoms with Crippen LogP contribution in [-0.4, -0.2) is 34.0 Å². The van der Waals surface area contributed by atoms with Crippen LogP contribution in [0.25, 0.3) is 0 Å². The lowest BCUT2D eigenvalue weighted by molar-refractivity contribution is -0.122. The summed E-state index contributed by atoms with van der Waals surface area (Å²) in [7, 11) is 0. The number of nitrogens with zero attached hydrogens (tertiary/aromatic N) is 1. The van der Waals surface area contributed by atoms with Gasteiger partial charge in [-0.3, -0.25) is 4.79 Å². The second-order valence-corrected chi connectivity index (χ2v) is 3.52. The summed E-state index contributed by atoms with van der Waals surface area (Å²) in [6.07, 6.45) is 1.73. The molecule has 2 fully saturated rings. The summed E-state index contributed by atoms with van der Waals surface area (Å²) >= 11 is 0. The van der Waals surface area contributed by atoms with Crippen LogP contribution in [0.1, 0.15) is 25.7 Å². The van der Waals surface area contributed by atoms with E-state index in [9.17, 15) is 9.59 Å². The first-order valence-electron chi connectivity index (χ1n) is 4.21. The van der Waals surface area contributed by atoms with Gasteiger partial charge in [-0.15, -0.1) is 0 Å². The van der Waals surface area contributed by atoms with Crippen molar-refractivity contribution in [1.82, 2.24) is 4.90 Å². The minimum absolute atomic E-state index is 0.0197. The average molecular weight is 169 g/mol. The lowest BCUT2D eigenvalue weighted by atomic mass is 10.0. The molecule has 0 spiro atoms. The molecule has 1 amide bonds. The largest absolute Gasteiger partial charge is 0.465 e. The van der Waals surface area contributed by atoms with Crippen molar-refractivity contribution in [2.45, 2.75) is 37.8 Å². The molecule has 4 nitrogen and oxygen atoms in total. The zero-order valence-corrected chi connectivity index (χ0v) is 6.69. The topological polar surface area (TPSA) is 57.6 Å². The van der Waals surface area contributed by atoms with E-state index in [1.165, 1.54) is 4.90 Å². The van der Waals surface area contributed by atoms with Crippen LogP contribution in [0.2, 0.25) is 0 Å². The van der Waals surface area contributed by atoms with Gasteiger partial charge in [0, 0.05) is 24.9 Å². The van der Waals surface area contributed by atoms with Crippen LogP contribution in [0.3, 0.4) is 0 Å². The van der Waals surface area contributed by atoms with Gasteiger partial charge in [-0.25, -0.2) is 4.79 Å². The lowest BCUT2D eigenvalue weighted by Gasteiger charge is -2.31. The minimum atomic E-state index is -0.866. The number of carbonyl (C=O) groups excluding carboxylic acids is 1. The fourth-order valence-corrected chi connectivity index (χ4v) is 2.28. The van der Waals surface area contributed by atoms with E-state index in [0.717, 1.165) is 12.8 Å². The number of ketones is 1. The van der Waals surface area contributed by atoms with E-state index in [-0.39, 0.29) is 17.9 Å². The number of hydrogen-bond acceptors (Lipinski definition) is 2. The predicted octanol–water partition coefficient (Wildman–Crippen LogP) is 0.860. The van der Waals surface area contributed by atoms with Gasteiger partial charge in [0.05, 0.1) is 0 Å². The first-order chi connectivity index (χ1) is 5.68. The van der Waals surface area contributed by atoms with Gasteiger partial charge in [0.15, 0.2) is 0 Å². The van der Waals surface area contributed by atoms with Crippen LogP contribution < -0.4 is 0 Å². The number of amides is 1. The number of hydrogen-bond donors (Lipinski definition) is 1. The van der Waals surface area contributed by atoms with E-state index < -0.39 is 6.09 Å². The molecule has 0 aromatic carbocycles. The van der Waals surface area contributed by atoms with Crippen molar-refractivity contribution in [3.8, 4) is 0 Å². The summed E-state index contributed by atoms with van der Waals surface area (Å²) in [5, 5.41) is 8.82. The Bertz CT molecular complexity index is 222. The van der Waals surface area contributed by atoms with Gasteiger partial charge in [-0.1, -0.05) is 0 Å². The molecular formula is C8H11NO3. The molecule has 0 aliphatic carbocycles. The van der Waals surface area contributed by atoms with Gasteiger partial charge >= 0.3 is 6.09 Å². The summed E-state index contributed by atoms with van der Waals surface area (Å²) < 4.78 is 0. The van der Waals surface area contributed by atoms with Crippen LogP contribution in [0, 0.1) is 0 Å². The van der Waals surface area contributed by atoms with Gasteiger partial charge in [0.1, 0.15) is 5.78 Å². The Morgan fingerprint density at radius 2 is 1.83 bits per heavy atom. The van der Waals surface area contributed by atoms with Gasteiger partial charge in [0.2, 0.25) is 0 Å². The van der Waals surface area contributed by atoms with Gasteiger partial charge < -0.3 is 10.0 Å². The second kappa shape index (κ2) is 2.47. The molecule has 2 heterocycles. The van der Waals surface area contributed by atoms with Crippen molar-refractivity contribution in [2.75, 3.05) is 0 Å².